The van der Waals surface area contributed by atoms with Gasteiger partial charge in [-0.3, -0.25) is 9.59 Å². The fourth-order valence-corrected chi connectivity index (χ4v) is 2.68. The third-order valence-electron chi connectivity index (χ3n) is 3.78. The normalized spacial score (nSPS) is 12.8. The lowest BCUT2D eigenvalue weighted by Crippen LogP contribution is -2.33. The molecule has 0 unspecified atom stereocenters. The molecule has 4 nitrogen and oxygen atoms in total. The van der Waals surface area contributed by atoms with Gasteiger partial charge in [-0.05, 0) is 35.7 Å². The van der Waals surface area contributed by atoms with Crippen LogP contribution in [0.3, 0.4) is 0 Å². The van der Waals surface area contributed by atoms with Gasteiger partial charge in [0.15, 0.2) is 6.61 Å². The molecule has 0 saturated carbocycles. The molecule has 0 fully saturated rings. The predicted molar refractivity (Wildman–Crippen MR) is 83.6 cm³/mol. The summed E-state index contributed by atoms with van der Waals surface area (Å²) in [5, 5.41) is 0. The van der Waals surface area contributed by atoms with Crippen LogP contribution in [-0.4, -0.2) is 25.0 Å². The number of nitrogens with zero attached hydrogens (tertiary/aromatic N) is 1. The summed E-state index contributed by atoms with van der Waals surface area (Å²) in [5.74, 6) is -1.20. The van der Waals surface area contributed by atoms with Crippen LogP contribution in [0.25, 0.3) is 0 Å². The van der Waals surface area contributed by atoms with Crippen LogP contribution in [0.2, 0.25) is 0 Å². The number of benzene rings is 2. The Balaban J connectivity index is 1.54. The molecule has 1 aliphatic rings. The average molecular weight is 313 g/mol. The maximum atomic E-state index is 13.1. The fraction of sp³-hybridized carbons (Fsp3) is 0.222. The van der Waals surface area contributed by atoms with Crippen molar-refractivity contribution in [3.63, 3.8) is 0 Å². The molecule has 0 bridgehead atoms. The number of hydrogen-bond donors (Lipinski definition) is 0. The highest BCUT2D eigenvalue weighted by Gasteiger charge is 2.24. The second-order valence-electron chi connectivity index (χ2n) is 5.39. The van der Waals surface area contributed by atoms with Gasteiger partial charge in [0.1, 0.15) is 5.82 Å². The van der Waals surface area contributed by atoms with Crippen molar-refractivity contribution >= 4 is 17.6 Å². The Kier molecular flexibility index (Phi) is 4.37. The van der Waals surface area contributed by atoms with E-state index in [1.165, 1.54) is 18.2 Å². The molecule has 0 atom stereocenters. The van der Waals surface area contributed by atoms with Gasteiger partial charge < -0.3 is 9.64 Å². The summed E-state index contributed by atoms with van der Waals surface area (Å²) >= 11 is 0. The first-order valence-corrected chi connectivity index (χ1v) is 7.42. The zero-order valence-electron chi connectivity index (χ0n) is 12.5. The van der Waals surface area contributed by atoms with Crippen LogP contribution in [0.15, 0.2) is 48.5 Å². The Morgan fingerprint density at radius 2 is 1.96 bits per heavy atom. The number of halogens is 1. The molecule has 0 spiro atoms. The molecule has 23 heavy (non-hydrogen) atoms. The lowest BCUT2D eigenvalue weighted by molar-refractivity contribution is -0.147. The van der Waals surface area contributed by atoms with Gasteiger partial charge in [0.2, 0.25) is 0 Å². The van der Waals surface area contributed by atoms with Crippen molar-refractivity contribution in [1.29, 1.82) is 0 Å². The Morgan fingerprint density at radius 1 is 1.13 bits per heavy atom. The van der Waals surface area contributed by atoms with E-state index in [2.05, 4.69) is 0 Å². The number of carbonyl (C=O) groups is 2. The van der Waals surface area contributed by atoms with Crippen LogP contribution in [-0.2, 0) is 27.2 Å². The minimum atomic E-state index is -0.545. The fourth-order valence-electron chi connectivity index (χ4n) is 2.68. The highest BCUT2D eigenvalue weighted by molar-refractivity contribution is 5.97. The number of ether oxygens (including phenoxy) is 1. The highest BCUT2D eigenvalue weighted by Crippen LogP contribution is 2.27. The standard InChI is InChI=1S/C18H16FNO3/c19-15-6-3-4-13(10-15)11-18(22)23-12-17(21)20-9-8-14-5-1-2-7-16(14)20/h1-7,10H,8-9,11-12H2. The smallest absolute Gasteiger partial charge is 0.310 e. The van der Waals surface area contributed by atoms with E-state index < -0.39 is 11.8 Å². The number of rotatable bonds is 4. The number of esters is 1. The number of hydrogen-bond acceptors (Lipinski definition) is 3. The highest BCUT2D eigenvalue weighted by atomic mass is 19.1. The van der Waals surface area contributed by atoms with Gasteiger partial charge in [-0.25, -0.2) is 4.39 Å². The predicted octanol–water partition coefficient (Wildman–Crippen LogP) is 2.50. The Labute approximate surface area is 133 Å². The van der Waals surface area contributed by atoms with Crippen molar-refractivity contribution in [2.24, 2.45) is 0 Å². The van der Waals surface area contributed by atoms with Crippen LogP contribution in [0.1, 0.15) is 11.1 Å². The van der Waals surface area contributed by atoms with Crippen molar-refractivity contribution < 1.29 is 18.7 Å². The van der Waals surface area contributed by atoms with Gasteiger partial charge in [0.05, 0.1) is 6.42 Å². The molecule has 1 aliphatic heterocycles. The minimum Gasteiger partial charge on any atom is -0.455 e. The molecule has 0 aromatic heterocycles. The lowest BCUT2D eigenvalue weighted by Gasteiger charge is -2.17. The third kappa shape index (κ3) is 3.56. The summed E-state index contributed by atoms with van der Waals surface area (Å²) in [6.45, 7) is 0.294. The second kappa shape index (κ2) is 6.60. The first kappa shape index (κ1) is 15.2. The summed E-state index contributed by atoms with van der Waals surface area (Å²) in [6, 6.07) is 13.4. The summed E-state index contributed by atoms with van der Waals surface area (Å²) < 4.78 is 18.1. The van der Waals surface area contributed by atoms with Gasteiger partial charge in [0.25, 0.3) is 5.91 Å². The average Bonchev–Trinajstić information content (AvgIpc) is 2.97. The van der Waals surface area contributed by atoms with Gasteiger partial charge in [-0.15, -0.1) is 0 Å². The molecule has 0 saturated heterocycles. The number of carbonyl (C=O) groups excluding carboxylic acids is 2. The SMILES string of the molecule is O=C(Cc1cccc(F)c1)OCC(=O)N1CCc2ccccc21. The van der Waals surface area contributed by atoms with Gasteiger partial charge in [-0.1, -0.05) is 30.3 Å². The molecular formula is C18H16FNO3. The van der Waals surface area contributed by atoms with E-state index >= 15 is 0 Å². The summed E-state index contributed by atoms with van der Waals surface area (Å²) in [4.78, 5) is 25.6. The molecule has 1 amide bonds. The summed E-state index contributed by atoms with van der Waals surface area (Å²) in [5.41, 5.74) is 2.51. The first-order valence-electron chi connectivity index (χ1n) is 7.42. The van der Waals surface area contributed by atoms with Crippen LogP contribution in [0, 0.1) is 5.82 Å². The van der Waals surface area contributed by atoms with E-state index in [-0.39, 0.29) is 18.9 Å². The molecule has 0 radical (unpaired) electrons. The van der Waals surface area contributed by atoms with Crippen molar-refractivity contribution in [2.45, 2.75) is 12.8 Å². The molecule has 1 heterocycles. The topological polar surface area (TPSA) is 46.6 Å². The van der Waals surface area contributed by atoms with Crippen LogP contribution in [0.5, 0.6) is 0 Å². The minimum absolute atomic E-state index is 0.0539. The summed E-state index contributed by atoms with van der Waals surface area (Å²) in [6.07, 6.45) is 0.751. The van der Waals surface area contributed by atoms with Gasteiger partial charge in [-0.2, -0.15) is 0 Å². The molecule has 3 rings (SSSR count). The number of fused-ring (bicyclic) bond motifs is 1. The zero-order chi connectivity index (χ0) is 16.2. The summed E-state index contributed by atoms with van der Waals surface area (Å²) in [7, 11) is 0. The molecule has 5 heteroatoms. The lowest BCUT2D eigenvalue weighted by atomic mass is 10.1. The maximum absolute atomic E-state index is 13.1. The van der Waals surface area contributed by atoms with Crippen LogP contribution in [0.4, 0.5) is 10.1 Å². The second-order valence-corrected chi connectivity index (χ2v) is 5.39. The van der Waals surface area contributed by atoms with Crippen LogP contribution >= 0.6 is 0 Å². The van der Waals surface area contributed by atoms with E-state index in [0.29, 0.717) is 12.1 Å². The van der Waals surface area contributed by atoms with E-state index in [4.69, 9.17) is 4.74 Å². The quantitative estimate of drug-likeness (QED) is 0.815. The number of amides is 1. The molecule has 2 aromatic carbocycles. The molecule has 0 N–H and O–H groups in total. The Hall–Kier alpha value is -2.69. The van der Waals surface area contributed by atoms with E-state index in [0.717, 1.165) is 17.7 Å². The van der Waals surface area contributed by atoms with Crippen molar-refractivity contribution in [3.05, 3.63) is 65.5 Å². The first-order chi connectivity index (χ1) is 11.1. The third-order valence-corrected chi connectivity index (χ3v) is 3.78. The maximum Gasteiger partial charge on any atom is 0.310 e. The number of anilines is 1. The van der Waals surface area contributed by atoms with E-state index in [1.54, 1.807) is 11.0 Å². The molecular weight excluding hydrogens is 297 g/mol. The largest absolute Gasteiger partial charge is 0.455 e. The van der Waals surface area contributed by atoms with Crippen molar-refractivity contribution in [2.75, 3.05) is 18.1 Å². The van der Waals surface area contributed by atoms with Crippen molar-refractivity contribution in [1.82, 2.24) is 0 Å². The molecule has 0 aliphatic carbocycles. The van der Waals surface area contributed by atoms with Crippen LogP contribution < -0.4 is 4.90 Å². The van der Waals surface area contributed by atoms with Gasteiger partial charge >= 0.3 is 5.97 Å². The van der Waals surface area contributed by atoms with E-state index in [1.807, 2.05) is 24.3 Å². The number of para-hydroxylation sites is 1. The Morgan fingerprint density at radius 3 is 2.78 bits per heavy atom. The van der Waals surface area contributed by atoms with E-state index in [9.17, 15) is 14.0 Å². The van der Waals surface area contributed by atoms with Gasteiger partial charge in [0, 0.05) is 12.2 Å². The van der Waals surface area contributed by atoms with Crippen molar-refractivity contribution in [3.8, 4) is 0 Å². The zero-order valence-corrected chi connectivity index (χ0v) is 12.5. The molecule has 2 aromatic rings. The molecule has 118 valence electrons. The monoisotopic (exact) mass is 313 g/mol. The Bertz CT molecular complexity index is 745.